The van der Waals surface area contributed by atoms with Crippen LogP contribution >= 0.6 is 0 Å². The van der Waals surface area contributed by atoms with Crippen molar-refractivity contribution in [3.63, 3.8) is 0 Å². The fourth-order valence-corrected chi connectivity index (χ4v) is 6.31. The predicted molar refractivity (Wildman–Crippen MR) is 123 cm³/mol. The molecule has 7 nitrogen and oxygen atoms in total. The number of likely N-dealkylation sites (tertiary alicyclic amines) is 1. The van der Waals surface area contributed by atoms with Gasteiger partial charge in [0.05, 0.1) is 13.2 Å². The number of ether oxygens (including phenoxy) is 2. The third kappa shape index (κ3) is 3.75. The number of nitrogens with zero attached hydrogens (tertiary/aromatic N) is 2. The van der Waals surface area contributed by atoms with Crippen molar-refractivity contribution in [2.45, 2.75) is 69.7 Å². The molecule has 1 unspecified atom stereocenters. The Morgan fingerprint density at radius 3 is 2.67 bits per heavy atom. The van der Waals surface area contributed by atoms with Gasteiger partial charge in [-0.1, -0.05) is 19.4 Å². The van der Waals surface area contributed by atoms with Crippen molar-refractivity contribution in [3.05, 3.63) is 41.6 Å². The van der Waals surface area contributed by atoms with Gasteiger partial charge in [-0.05, 0) is 55.9 Å². The van der Waals surface area contributed by atoms with E-state index in [9.17, 15) is 9.59 Å². The highest BCUT2D eigenvalue weighted by Crippen LogP contribution is 2.41. The number of hydrogen-bond acceptors (Lipinski definition) is 5. The molecule has 1 aromatic rings. The molecule has 6 rings (SSSR count). The topological polar surface area (TPSA) is 71.1 Å². The van der Waals surface area contributed by atoms with Gasteiger partial charge in [-0.2, -0.15) is 0 Å². The van der Waals surface area contributed by atoms with Crippen molar-refractivity contribution in [1.82, 2.24) is 15.1 Å². The Kier molecular flexibility index (Phi) is 5.22. The van der Waals surface area contributed by atoms with Gasteiger partial charge < -0.3 is 19.7 Å². The first-order valence-electron chi connectivity index (χ1n) is 12.4. The standard InChI is InChI=1S/C26H33N3O4/c1-17-7-10-22(24(30)27-17)29-12-18-11-19(8-9-20(18)25(29)31)33-23-6-4-2-3-5-21(23)28-13-26(14-28)15-32-16-26/h8-9,11,21-23H,1-7,10,12-16H2,(H,27,30)/t21-,22?,23+/m1/s1. The molecule has 1 N–H and O–H groups in total. The van der Waals surface area contributed by atoms with Crippen LogP contribution in [-0.4, -0.2) is 66.1 Å². The molecular formula is C26H33N3O4. The number of carbonyl (C=O) groups excluding carboxylic acids is 2. The molecule has 0 radical (unpaired) electrons. The summed E-state index contributed by atoms with van der Waals surface area (Å²) in [6.07, 6.45) is 7.48. The second-order valence-corrected chi connectivity index (χ2v) is 10.7. The summed E-state index contributed by atoms with van der Waals surface area (Å²) in [5, 5.41) is 2.80. The summed E-state index contributed by atoms with van der Waals surface area (Å²) >= 11 is 0. The number of carbonyl (C=O) groups is 2. The molecule has 0 bridgehead atoms. The molecule has 4 fully saturated rings. The number of amides is 2. The highest BCUT2D eigenvalue weighted by atomic mass is 16.5. The van der Waals surface area contributed by atoms with Gasteiger partial charge in [0.25, 0.3) is 5.91 Å². The number of nitrogens with one attached hydrogen (secondary N) is 1. The minimum Gasteiger partial charge on any atom is -0.489 e. The van der Waals surface area contributed by atoms with Crippen LogP contribution in [0.2, 0.25) is 0 Å². The van der Waals surface area contributed by atoms with Crippen LogP contribution in [0.5, 0.6) is 5.75 Å². The zero-order valence-electron chi connectivity index (χ0n) is 19.2. The van der Waals surface area contributed by atoms with Crippen LogP contribution in [0.25, 0.3) is 0 Å². The van der Waals surface area contributed by atoms with Crippen molar-refractivity contribution >= 4 is 11.8 Å². The molecule has 1 saturated carbocycles. The van der Waals surface area contributed by atoms with E-state index in [2.05, 4.69) is 16.8 Å². The zero-order valence-corrected chi connectivity index (χ0v) is 19.2. The first kappa shape index (κ1) is 21.2. The van der Waals surface area contributed by atoms with Crippen LogP contribution in [-0.2, 0) is 16.1 Å². The average Bonchev–Trinajstić information content (AvgIpc) is 2.89. The minimum atomic E-state index is -0.430. The number of allylic oxidation sites excluding steroid dienone is 1. The number of piperidine rings is 1. The minimum absolute atomic E-state index is 0.0647. The summed E-state index contributed by atoms with van der Waals surface area (Å²) in [6, 6.07) is 5.85. The van der Waals surface area contributed by atoms with Gasteiger partial charge in [-0.15, -0.1) is 0 Å². The highest BCUT2D eigenvalue weighted by molar-refractivity contribution is 6.01. The van der Waals surface area contributed by atoms with E-state index in [-0.39, 0.29) is 17.9 Å². The van der Waals surface area contributed by atoms with E-state index in [1.165, 1.54) is 25.7 Å². The quantitative estimate of drug-likeness (QED) is 0.713. The van der Waals surface area contributed by atoms with Gasteiger partial charge in [0.1, 0.15) is 17.9 Å². The van der Waals surface area contributed by atoms with E-state index in [1.807, 2.05) is 18.2 Å². The lowest BCUT2D eigenvalue weighted by Gasteiger charge is -2.58. The fourth-order valence-electron chi connectivity index (χ4n) is 6.31. The fraction of sp³-hybridized carbons (Fsp3) is 0.615. The molecule has 4 aliphatic heterocycles. The van der Waals surface area contributed by atoms with Gasteiger partial charge in [0, 0.05) is 42.4 Å². The van der Waals surface area contributed by atoms with Crippen molar-refractivity contribution in [2.24, 2.45) is 5.41 Å². The van der Waals surface area contributed by atoms with Gasteiger partial charge in [-0.3, -0.25) is 14.5 Å². The van der Waals surface area contributed by atoms with E-state index < -0.39 is 6.04 Å². The van der Waals surface area contributed by atoms with Crippen LogP contribution in [0.4, 0.5) is 0 Å². The zero-order chi connectivity index (χ0) is 22.6. The molecule has 0 aromatic heterocycles. The summed E-state index contributed by atoms with van der Waals surface area (Å²) in [7, 11) is 0. The molecule has 1 aromatic carbocycles. The number of benzene rings is 1. The van der Waals surface area contributed by atoms with Gasteiger partial charge >= 0.3 is 0 Å². The molecule has 33 heavy (non-hydrogen) atoms. The van der Waals surface area contributed by atoms with E-state index in [1.54, 1.807) is 4.90 Å². The summed E-state index contributed by atoms with van der Waals surface area (Å²) < 4.78 is 12.1. The van der Waals surface area contributed by atoms with Gasteiger partial charge in [0.15, 0.2) is 0 Å². The SMILES string of the molecule is C=C1CCC(N2Cc3cc(O[C@H]4CCCCC[C@H]4N4CC5(COC5)C4)ccc3C2=O)C(=O)N1. The molecule has 1 aliphatic carbocycles. The van der Waals surface area contributed by atoms with Crippen LogP contribution in [0.1, 0.15) is 60.9 Å². The Balaban J connectivity index is 1.16. The number of rotatable bonds is 4. The molecule has 5 aliphatic rings. The van der Waals surface area contributed by atoms with E-state index in [4.69, 9.17) is 9.47 Å². The smallest absolute Gasteiger partial charge is 0.255 e. The number of hydrogen-bond donors (Lipinski definition) is 1. The molecule has 3 atom stereocenters. The van der Waals surface area contributed by atoms with E-state index in [0.29, 0.717) is 36.4 Å². The lowest BCUT2D eigenvalue weighted by Crippen LogP contribution is -2.69. The average molecular weight is 452 g/mol. The first-order valence-corrected chi connectivity index (χ1v) is 12.4. The summed E-state index contributed by atoms with van der Waals surface area (Å²) in [5.74, 6) is 0.642. The Labute approximate surface area is 195 Å². The van der Waals surface area contributed by atoms with Crippen molar-refractivity contribution < 1.29 is 19.1 Å². The maximum atomic E-state index is 13.0. The Morgan fingerprint density at radius 1 is 1.09 bits per heavy atom. The predicted octanol–water partition coefficient (Wildman–Crippen LogP) is 2.85. The van der Waals surface area contributed by atoms with Gasteiger partial charge in [-0.25, -0.2) is 0 Å². The first-order chi connectivity index (χ1) is 16.0. The molecule has 176 valence electrons. The highest BCUT2D eigenvalue weighted by Gasteiger charge is 2.52. The Morgan fingerprint density at radius 2 is 1.91 bits per heavy atom. The van der Waals surface area contributed by atoms with E-state index >= 15 is 0 Å². The monoisotopic (exact) mass is 451 g/mol. The molecule has 4 heterocycles. The second-order valence-electron chi connectivity index (χ2n) is 10.7. The van der Waals surface area contributed by atoms with Crippen LogP contribution in [0.15, 0.2) is 30.5 Å². The van der Waals surface area contributed by atoms with Crippen LogP contribution in [0.3, 0.4) is 0 Å². The van der Waals surface area contributed by atoms with Crippen LogP contribution in [0, 0.1) is 5.41 Å². The summed E-state index contributed by atoms with van der Waals surface area (Å²) in [4.78, 5) is 29.8. The maximum absolute atomic E-state index is 13.0. The third-order valence-corrected chi connectivity index (χ3v) is 8.17. The number of fused-ring (bicyclic) bond motifs is 1. The summed E-state index contributed by atoms with van der Waals surface area (Å²) in [6.45, 7) is 8.36. The van der Waals surface area contributed by atoms with Crippen molar-refractivity contribution in [1.29, 1.82) is 0 Å². The van der Waals surface area contributed by atoms with Gasteiger partial charge in [0.2, 0.25) is 5.91 Å². The molecular weight excluding hydrogens is 418 g/mol. The Hall–Kier alpha value is -2.38. The van der Waals surface area contributed by atoms with Crippen molar-refractivity contribution in [2.75, 3.05) is 26.3 Å². The molecule has 1 spiro atoms. The van der Waals surface area contributed by atoms with E-state index in [0.717, 1.165) is 49.7 Å². The normalized spacial score (nSPS) is 31.5. The molecule has 7 heteroatoms. The summed E-state index contributed by atoms with van der Waals surface area (Å²) in [5.41, 5.74) is 2.78. The molecule has 3 saturated heterocycles. The lowest BCUT2D eigenvalue weighted by molar-refractivity contribution is -0.205. The second kappa shape index (κ2) is 8.13. The molecule has 2 amide bonds. The lowest BCUT2D eigenvalue weighted by atomic mass is 9.76. The van der Waals surface area contributed by atoms with Crippen LogP contribution < -0.4 is 10.1 Å². The third-order valence-electron chi connectivity index (χ3n) is 8.17. The Bertz CT molecular complexity index is 980. The maximum Gasteiger partial charge on any atom is 0.255 e. The largest absolute Gasteiger partial charge is 0.489 e. The van der Waals surface area contributed by atoms with Crippen molar-refractivity contribution in [3.8, 4) is 5.75 Å².